The van der Waals surface area contributed by atoms with Crippen molar-refractivity contribution in [2.45, 2.75) is 18.3 Å². The summed E-state index contributed by atoms with van der Waals surface area (Å²) in [4.78, 5) is 13.5. The molecule has 0 bridgehead atoms. The van der Waals surface area contributed by atoms with E-state index < -0.39 is 0 Å². The second-order valence-corrected chi connectivity index (χ2v) is 6.89. The molecule has 2 aromatic heterocycles. The van der Waals surface area contributed by atoms with Crippen LogP contribution in [0.2, 0.25) is 0 Å². The van der Waals surface area contributed by atoms with Crippen LogP contribution in [0.25, 0.3) is 0 Å². The normalized spacial score (nSPS) is 17.6. The molecule has 0 aliphatic carbocycles. The van der Waals surface area contributed by atoms with Crippen LogP contribution in [0.15, 0.2) is 38.7 Å². The highest BCUT2D eigenvalue weighted by molar-refractivity contribution is 9.10. The lowest BCUT2D eigenvalue weighted by atomic mass is 9.78. The zero-order valence-electron chi connectivity index (χ0n) is 11.4. The SMILES string of the molecule is O=C(NCC1(c2cccs2)CCOCC1)c1ccc(Br)o1. The van der Waals surface area contributed by atoms with Gasteiger partial charge in [0.05, 0.1) is 0 Å². The molecule has 1 aliphatic heterocycles. The van der Waals surface area contributed by atoms with Crippen molar-refractivity contribution in [1.29, 1.82) is 0 Å². The van der Waals surface area contributed by atoms with Crippen molar-refractivity contribution < 1.29 is 13.9 Å². The van der Waals surface area contributed by atoms with Crippen LogP contribution in [-0.2, 0) is 10.2 Å². The van der Waals surface area contributed by atoms with Gasteiger partial charge in [0.1, 0.15) is 0 Å². The average molecular weight is 370 g/mol. The number of hydrogen-bond acceptors (Lipinski definition) is 4. The molecule has 3 heterocycles. The summed E-state index contributed by atoms with van der Waals surface area (Å²) < 4.78 is 11.3. The molecule has 0 spiro atoms. The highest BCUT2D eigenvalue weighted by Gasteiger charge is 2.36. The number of carbonyl (C=O) groups is 1. The lowest BCUT2D eigenvalue weighted by Gasteiger charge is -2.36. The Labute approximate surface area is 135 Å². The first-order chi connectivity index (χ1) is 10.2. The summed E-state index contributed by atoms with van der Waals surface area (Å²) in [5.74, 6) is 0.151. The minimum Gasteiger partial charge on any atom is -0.444 e. The maximum Gasteiger partial charge on any atom is 0.287 e. The van der Waals surface area contributed by atoms with Crippen LogP contribution in [0, 0.1) is 0 Å². The summed E-state index contributed by atoms with van der Waals surface area (Å²) in [5, 5.41) is 5.09. The van der Waals surface area contributed by atoms with E-state index in [0.29, 0.717) is 17.0 Å². The molecule has 1 aliphatic rings. The molecule has 0 aromatic carbocycles. The summed E-state index contributed by atoms with van der Waals surface area (Å²) in [6, 6.07) is 7.59. The van der Waals surface area contributed by atoms with Gasteiger partial charge in [-0.15, -0.1) is 11.3 Å². The van der Waals surface area contributed by atoms with E-state index in [9.17, 15) is 4.79 Å². The van der Waals surface area contributed by atoms with Crippen molar-refractivity contribution in [3.05, 3.63) is 45.0 Å². The zero-order chi connectivity index (χ0) is 14.7. The molecule has 1 saturated heterocycles. The van der Waals surface area contributed by atoms with E-state index in [1.807, 2.05) is 0 Å². The van der Waals surface area contributed by atoms with Gasteiger partial charge in [-0.3, -0.25) is 4.79 Å². The molecule has 1 N–H and O–H groups in total. The van der Waals surface area contributed by atoms with E-state index in [1.165, 1.54) is 4.88 Å². The molecule has 6 heteroatoms. The first-order valence-electron chi connectivity index (χ1n) is 6.85. The fraction of sp³-hybridized carbons (Fsp3) is 0.400. The van der Waals surface area contributed by atoms with Gasteiger partial charge in [0.25, 0.3) is 5.91 Å². The van der Waals surface area contributed by atoms with Crippen molar-refractivity contribution in [3.8, 4) is 0 Å². The smallest absolute Gasteiger partial charge is 0.287 e. The van der Waals surface area contributed by atoms with Crippen LogP contribution in [0.1, 0.15) is 28.3 Å². The summed E-state index contributed by atoms with van der Waals surface area (Å²) >= 11 is 4.95. The molecular weight excluding hydrogens is 354 g/mol. The van der Waals surface area contributed by atoms with Gasteiger partial charge >= 0.3 is 0 Å². The first kappa shape index (κ1) is 14.8. The Balaban J connectivity index is 1.72. The van der Waals surface area contributed by atoms with Crippen LogP contribution in [0.5, 0.6) is 0 Å². The predicted molar refractivity (Wildman–Crippen MR) is 84.8 cm³/mol. The summed E-state index contributed by atoms with van der Waals surface area (Å²) in [6.07, 6.45) is 1.85. The van der Waals surface area contributed by atoms with Crippen molar-refractivity contribution in [2.75, 3.05) is 19.8 Å². The van der Waals surface area contributed by atoms with Crippen LogP contribution in [0.4, 0.5) is 0 Å². The minimum atomic E-state index is -0.178. The summed E-state index contributed by atoms with van der Waals surface area (Å²) in [7, 11) is 0. The van der Waals surface area contributed by atoms with Gasteiger partial charge in [-0.25, -0.2) is 0 Å². The number of amides is 1. The Morgan fingerprint density at radius 1 is 1.33 bits per heavy atom. The maximum atomic E-state index is 12.2. The van der Waals surface area contributed by atoms with E-state index in [4.69, 9.17) is 9.15 Å². The minimum absolute atomic E-state index is 0.0219. The Morgan fingerprint density at radius 3 is 2.76 bits per heavy atom. The lowest BCUT2D eigenvalue weighted by molar-refractivity contribution is 0.0496. The van der Waals surface area contributed by atoms with Gasteiger partial charge in [0.2, 0.25) is 0 Å². The number of halogens is 1. The molecule has 21 heavy (non-hydrogen) atoms. The number of rotatable bonds is 4. The topological polar surface area (TPSA) is 51.5 Å². The quantitative estimate of drug-likeness (QED) is 0.895. The number of hydrogen-bond donors (Lipinski definition) is 1. The number of carbonyl (C=O) groups excluding carboxylic acids is 1. The second-order valence-electron chi connectivity index (χ2n) is 5.16. The third kappa shape index (κ3) is 3.22. The van der Waals surface area contributed by atoms with Crippen LogP contribution in [0.3, 0.4) is 0 Å². The van der Waals surface area contributed by atoms with Crippen LogP contribution in [-0.4, -0.2) is 25.7 Å². The predicted octanol–water partition coefficient (Wildman–Crippen LogP) is 3.58. The zero-order valence-corrected chi connectivity index (χ0v) is 13.8. The summed E-state index contributed by atoms with van der Waals surface area (Å²) in [6.45, 7) is 2.08. The monoisotopic (exact) mass is 369 g/mol. The van der Waals surface area contributed by atoms with Crippen molar-refractivity contribution >= 4 is 33.2 Å². The molecule has 0 saturated carbocycles. The standard InChI is InChI=1S/C15H16BrNO3S/c16-13-4-3-11(20-13)14(18)17-10-15(5-7-19-8-6-15)12-2-1-9-21-12/h1-4,9H,5-8,10H2,(H,17,18). The third-order valence-corrected chi connectivity index (χ3v) is 5.42. The average Bonchev–Trinajstić information content (AvgIpc) is 3.17. The van der Waals surface area contributed by atoms with Gasteiger partial charge in [0.15, 0.2) is 10.4 Å². The first-order valence-corrected chi connectivity index (χ1v) is 8.52. The Hall–Kier alpha value is -1.11. The molecule has 3 rings (SSSR count). The van der Waals surface area contributed by atoms with Crippen molar-refractivity contribution in [2.24, 2.45) is 0 Å². The van der Waals surface area contributed by atoms with E-state index >= 15 is 0 Å². The largest absolute Gasteiger partial charge is 0.444 e. The molecule has 0 radical (unpaired) electrons. The molecule has 1 amide bonds. The molecule has 0 unspecified atom stereocenters. The van der Waals surface area contributed by atoms with Gasteiger partial charge in [0, 0.05) is 30.1 Å². The van der Waals surface area contributed by atoms with E-state index in [0.717, 1.165) is 26.1 Å². The number of ether oxygens (including phenoxy) is 1. The van der Waals surface area contributed by atoms with Crippen molar-refractivity contribution in [1.82, 2.24) is 5.32 Å². The molecule has 2 aromatic rings. The van der Waals surface area contributed by atoms with E-state index in [2.05, 4.69) is 38.8 Å². The Kier molecular flexibility index (Phi) is 4.47. The molecular formula is C15H16BrNO3S. The number of nitrogens with one attached hydrogen (secondary N) is 1. The highest BCUT2D eigenvalue weighted by Crippen LogP contribution is 2.37. The van der Waals surface area contributed by atoms with Gasteiger partial charge in [-0.1, -0.05) is 6.07 Å². The van der Waals surface area contributed by atoms with Gasteiger partial charge < -0.3 is 14.5 Å². The van der Waals surface area contributed by atoms with Crippen LogP contribution < -0.4 is 5.32 Å². The van der Waals surface area contributed by atoms with E-state index in [1.54, 1.807) is 23.5 Å². The Bertz CT molecular complexity index is 602. The lowest BCUT2D eigenvalue weighted by Crippen LogP contribution is -2.44. The summed E-state index contributed by atoms with van der Waals surface area (Å²) in [5.41, 5.74) is -0.0219. The Morgan fingerprint density at radius 2 is 2.14 bits per heavy atom. The van der Waals surface area contributed by atoms with Crippen molar-refractivity contribution in [3.63, 3.8) is 0 Å². The maximum absolute atomic E-state index is 12.2. The molecule has 0 atom stereocenters. The number of furan rings is 1. The molecule has 4 nitrogen and oxygen atoms in total. The number of thiophene rings is 1. The second kappa shape index (κ2) is 6.34. The fourth-order valence-corrected chi connectivity index (χ4v) is 3.92. The van der Waals surface area contributed by atoms with Gasteiger partial charge in [-0.05, 0) is 52.4 Å². The van der Waals surface area contributed by atoms with E-state index in [-0.39, 0.29) is 11.3 Å². The van der Waals surface area contributed by atoms with Gasteiger partial charge in [-0.2, -0.15) is 0 Å². The molecule has 112 valence electrons. The molecule has 1 fully saturated rings. The highest BCUT2D eigenvalue weighted by atomic mass is 79.9. The third-order valence-electron chi connectivity index (χ3n) is 3.88. The van der Waals surface area contributed by atoms with Crippen LogP contribution >= 0.6 is 27.3 Å². The fourth-order valence-electron chi connectivity index (χ4n) is 2.63.